The molecule has 0 aromatic rings. The lowest BCUT2D eigenvalue weighted by Gasteiger charge is -2.37. The lowest BCUT2D eigenvalue weighted by molar-refractivity contribution is -0.192. The van der Waals surface area contributed by atoms with E-state index in [-0.39, 0.29) is 6.61 Å². The summed E-state index contributed by atoms with van der Waals surface area (Å²) in [5.41, 5.74) is -1.34. The van der Waals surface area contributed by atoms with E-state index < -0.39 is 18.1 Å². The average Bonchev–Trinajstić information content (AvgIpc) is 2.04. The molecule has 1 heterocycles. The van der Waals surface area contributed by atoms with Crippen molar-refractivity contribution in [1.82, 2.24) is 0 Å². The van der Waals surface area contributed by atoms with Crippen molar-refractivity contribution in [2.24, 2.45) is 0 Å². The monoisotopic (exact) mass is 180 g/mol. The molecule has 1 aliphatic heterocycles. The van der Waals surface area contributed by atoms with Crippen LogP contribution in [0.5, 0.6) is 0 Å². The highest BCUT2D eigenvalue weighted by molar-refractivity contribution is 4.84. The fraction of sp³-hybridized carbons (Fsp3) is 1.00. The van der Waals surface area contributed by atoms with Crippen LogP contribution in [-0.4, -0.2) is 29.8 Å². The first kappa shape index (κ1) is 9.86. The molecule has 72 valence electrons. The Labute approximate surface area is 70.5 Å². The van der Waals surface area contributed by atoms with E-state index in [2.05, 4.69) is 0 Å². The van der Waals surface area contributed by atoms with E-state index in [0.717, 1.165) is 0 Å². The number of aliphatic hydroxyl groups is 1. The second kappa shape index (κ2) is 3.66. The van der Waals surface area contributed by atoms with E-state index in [1.807, 2.05) is 0 Å². The van der Waals surface area contributed by atoms with Crippen molar-refractivity contribution in [2.45, 2.75) is 44.3 Å². The number of hydrogen-bond acceptors (Lipinski definition) is 2. The molecule has 2 atom stereocenters. The molecular formula is C8H14F2O2. The Morgan fingerprint density at radius 3 is 2.83 bits per heavy atom. The maximum atomic E-state index is 12.4. The summed E-state index contributed by atoms with van der Waals surface area (Å²) < 4.78 is 29.9. The Bertz CT molecular complexity index is 152. The summed E-state index contributed by atoms with van der Waals surface area (Å²) >= 11 is 0. The maximum absolute atomic E-state index is 12.4. The highest BCUT2D eigenvalue weighted by atomic mass is 19.3. The fourth-order valence-electron chi connectivity index (χ4n) is 1.47. The molecule has 0 amide bonds. The van der Waals surface area contributed by atoms with Gasteiger partial charge in [-0.3, -0.25) is 0 Å². The van der Waals surface area contributed by atoms with Crippen molar-refractivity contribution in [1.29, 1.82) is 0 Å². The Hall–Kier alpha value is -0.220. The maximum Gasteiger partial charge on any atom is 0.266 e. The molecule has 1 saturated heterocycles. The Balaban J connectivity index is 2.54. The molecule has 0 aromatic heterocycles. The predicted molar refractivity (Wildman–Crippen MR) is 40.2 cm³/mol. The molecular weight excluding hydrogens is 166 g/mol. The van der Waals surface area contributed by atoms with Crippen LogP contribution in [0.3, 0.4) is 0 Å². The quantitative estimate of drug-likeness (QED) is 0.699. The molecule has 0 aliphatic carbocycles. The third-order valence-electron chi connectivity index (χ3n) is 2.30. The van der Waals surface area contributed by atoms with Crippen molar-refractivity contribution in [3.05, 3.63) is 0 Å². The highest BCUT2D eigenvalue weighted by Crippen LogP contribution is 2.33. The summed E-state index contributed by atoms with van der Waals surface area (Å²) in [6, 6.07) is 0. The summed E-state index contributed by atoms with van der Waals surface area (Å²) in [7, 11) is 0. The number of rotatable bonds is 2. The van der Waals surface area contributed by atoms with E-state index in [1.54, 1.807) is 0 Å². The number of hydrogen-bond donors (Lipinski definition) is 1. The van der Waals surface area contributed by atoms with Crippen molar-refractivity contribution >= 4 is 0 Å². The number of halogens is 2. The largest absolute Gasteiger partial charge is 0.394 e. The zero-order chi connectivity index (χ0) is 9.19. The first-order valence-corrected chi connectivity index (χ1v) is 4.15. The Morgan fingerprint density at radius 2 is 2.33 bits per heavy atom. The molecule has 0 spiro atoms. The van der Waals surface area contributed by atoms with Crippen LogP contribution in [0.1, 0.15) is 26.2 Å². The van der Waals surface area contributed by atoms with Crippen LogP contribution >= 0.6 is 0 Å². The van der Waals surface area contributed by atoms with Crippen LogP contribution in [0.25, 0.3) is 0 Å². The molecule has 0 saturated carbocycles. The van der Waals surface area contributed by atoms with Gasteiger partial charge in [-0.05, 0) is 26.2 Å². The van der Waals surface area contributed by atoms with Gasteiger partial charge in [0, 0.05) is 0 Å². The van der Waals surface area contributed by atoms with E-state index in [9.17, 15) is 8.78 Å². The van der Waals surface area contributed by atoms with E-state index in [1.165, 1.54) is 6.92 Å². The van der Waals surface area contributed by atoms with Crippen LogP contribution in [-0.2, 0) is 4.74 Å². The van der Waals surface area contributed by atoms with E-state index in [4.69, 9.17) is 9.84 Å². The first-order chi connectivity index (χ1) is 5.58. The zero-order valence-electron chi connectivity index (χ0n) is 7.09. The number of aliphatic hydroxyl groups excluding tert-OH is 1. The average molecular weight is 180 g/mol. The lowest BCUT2D eigenvalue weighted by Crippen LogP contribution is -2.45. The molecule has 1 aliphatic rings. The van der Waals surface area contributed by atoms with Gasteiger partial charge in [0.2, 0.25) is 0 Å². The first-order valence-electron chi connectivity index (χ1n) is 4.15. The summed E-state index contributed by atoms with van der Waals surface area (Å²) in [6.45, 7) is 1.24. The van der Waals surface area contributed by atoms with Crippen molar-refractivity contribution in [3.63, 3.8) is 0 Å². The second-order valence-corrected chi connectivity index (χ2v) is 3.43. The van der Waals surface area contributed by atoms with Crippen molar-refractivity contribution in [3.8, 4) is 0 Å². The minimum Gasteiger partial charge on any atom is -0.394 e. The van der Waals surface area contributed by atoms with Crippen LogP contribution in [0, 0.1) is 0 Å². The van der Waals surface area contributed by atoms with Gasteiger partial charge in [-0.15, -0.1) is 0 Å². The third-order valence-corrected chi connectivity index (χ3v) is 2.30. The second-order valence-electron chi connectivity index (χ2n) is 3.43. The van der Waals surface area contributed by atoms with Gasteiger partial charge in [-0.25, -0.2) is 8.78 Å². The van der Waals surface area contributed by atoms with Crippen LogP contribution < -0.4 is 0 Å². The minimum atomic E-state index is -2.47. The molecule has 0 radical (unpaired) electrons. The van der Waals surface area contributed by atoms with E-state index in [0.29, 0.717) is 19.3 Å². The summed E-state index contributed by atoms with van der Waals surface area (Å²) in [5, 5.41) is 8.74. The Kier molecular flexibility index (Phi) is 3.01. The third kappa shape index (κ3) is 1.93. The summed E-state index contributed by atoms with van der Waals surface area (Å²) in [5.74, 6) is 0. The molecule has 2 nitrogen and oxygen atoms in total. The highest BCUT2D eigenvalue weighted by Gasteiger charge is 2.40. The number of alkyl halides is 2. The zero-order valence-corrected chi connectivity index (χ0v) is 7.09. The standard InChI is InChI=1S/C8H14F2O2/c1-8(7(9)10)4-2-3-6(5-11)12-8/h6-7,11H,2-5H2,1H3. The SMILES string of the molecule is CC1(C(F)F)CCCC(CO)O1. The van der Waals surface area contributed by atoms with Gasteiger partial charge in [-0.2, -0.15) is 0 Å². The van der Waals surface area contributed by atoms with Gasteiger partial charge in [-0.1, -0.05) is 0 Å². The molecule has 0 aromatic carbocycles. The molecule has 1 N–H and O–H groups in total. The normalized spacial score (nSPS) is 37.2. The van der Waals surface area contributed by atoms with Gasteiger partial charge >= 0.3 is 0 Å². The van der Waals surface area contributed by atoms with Gasteiger partial charge < -0.3 is 9.84 Å². The predicted octanol–water partition coefficient (Wildman–Crippen LogP) is 1.57. The smallest absolute Gasteiger partial charge is 0.266 e. The summed E-state index contributed by atoms with van der Waals surface area (Å²) in [4.78, 5) is 0. The molecule has 1 fully saturated rings. The lowest BCUT2D eigenvalue weighted by atomic mass is 9.94. The topological polar surface area (TPSA) is 29.5 Å². The van der Waals surface area contributed by atoms with Crippen molar-refractivity contribution < 1.29 is 18.6 Å². The van der Waals surface area contributed by atoms with Gasteiger partial charge in [0.05, 0.1) is 12.7 Å². The van der Waals surface area contributed by atoms with Gasteiger partial charge in [0.25, 0.3) is 6.43 Å². The molecule has 1 rings (SSSR count). The van der Waals surface area contributed by atoms with Crippen LogP contribution in [0.4, 0.5) is 8.78 Å². The van der Waals surface area contributed by atoms with Crippen molar-refractivity contribution in [2.75, 3.05) is 6.61 Å². The fourth-order valence-corrected chi connectivity index (χ4v) is 1.47. The van der Waals surface area contributed by atoms with Crippen LogP contribution in [0.2, 0.25) is 0 Å². The molecule has 2 unspecified atom stereocenters. The van der Waals surface area contributed by atoms with Gasteiger partial charge in [0.15, 0.2) is 0 Å². The molecule has 12 heavy (non-hydrogen) atoms. The Morgan fingerprint density at radius 1 is 1.67 bits per heavy atom. The minimum absolute atomic E-state index is 0.164. The number of ether oxygens (including phenoxy) is 1. The van der Waals surface area contributed by atoms with Crippen LogP contribution in [0.15, 0.2) is 0 Å². The summed E-state index contributed by atoms with van der Waals surface area (Å²) in [6.07, 6.45) is -1.11. The van der Waals surface area contributed by atoms with Gasteiger partial charge in [0.1, 0.15) is 5.60 Å². The molecule has 0 bridgehead atoms. The van der Waals surface area contributed by atoms with E-state index >= 15 is 0 Å². The molecule has 4 heteroatoms.